The summed E-state index contributed by atoms with van der Waals surface area (Å²) in [4.78, 5) is 1.96. The van der Waals surface area contributed by atoms with Crippen molar-refractivity contribution < 1.29 is 0 Å². The number of rotatable bonds is 3. The smallest absolute Gasteiger partial charge is 0.173 e. The van der Waals surface area contributed by atoms with Crippen LogP contribution in [0.4, 0.5) is 5.69 Å². The lowest BCUT2D eigenvalue weighted by molar-refractivity contribution is 0.481. The first-order chi connectivity index (χ1) is 9.40. The van der Waals surface area contributed by atoms with Crippen LogP contribution in [0.15, 0.2) is 16.9 Å². The number of hydrogen-bond donors (Lipinski definition) is 1. The van der Waals surface area contributed by atoms with E-state index in [0.29, 0.717) is 11.7 Å². The van der Waals surface area contributed by atoms with E-state index in [1.165, 1.54) is 0 Å². The number of halogens is 1. The van der Waals surface area contributed by atoms with Gasteiger partial charge in [0.2, 0.25) is 0 Å². The number of aryl methyl sites for hydroxylation is 2. The van der Waals surface area contributed by atoms with Gasteiger partial charge in [0, 0.05) is 21.1 Å². The third kappa shape index (κ3) is 3.01. The molecule has 8 heteroatoms. The number of anilines is 1. The highest BCUT2D eigenvalue weighted by Crippen LogP contribution is 2.18. The molecule has 0 amide bonds. The Balaban J connectivity index is 2.04. The van der Waals surface area contributed by atoms with E-state index in [1.807, 2.05) is 42.3 Å². The van der Waals surface area contributed by atoms with Crippen molar-refractivity contribution in [3.8, 4) is 0 Å². The molecule has 0 bridgehead atoms. The standard InChI is InChI=1S/C12H17BrN6S/c1-8-10(6-15-18(8)3)16-12(20)17(2)7-11-9(13)5-14-19(11)4/h5-6H,7H2,1-4H3,(H,16,20). The van der Waals surface area contributed by atoms with Gasteiger partial charge in [0.15, 0.2) is 5.11 Å². The third-order valence-electron chi connectivity index (χ3n) is 3.22. The topological polar surface area (TPSA) is 50.9 Å². The Morgan fingerprint density at radius 2 is 2.00 bits per heavy atom. The molecule has 2 heterocycles. The molecule has 2 aromatic heterocycles. The first-order valence-electron chi connectivity index (χ1n) is 6.07. The van der Waals surface area contributed by atoms with Crippen molar-refractivity contribution in [3.05, 3.63) is 28.3 Å². The average molecular weight is 357 g/mol. The number of nitrogens with one attached hydrogen (secondary N) is 1. The molecule has 20 heavy (non-hydrogen) atoms. The lowest BCUT2D eigenvalue weighted by atomic mass is 10.4. The Morgan fingerprint density at radius 3 is 2.50 bits per heavy atom. The molecule has 0 aromatic carbocycles. The quantitative estimate of drug-likeness (QED) is 0.853. The zero-order chi connectivity index (χ0) is 14.9. The van der Waals surface area contributed by atoms with Crippen LogP contribution in [-0.2, 0) is 20.6 Å². The minimum Gasteiger partial charge on any atom is -0.346 e. The van der Waals surface area contributed by atoms with Crippen LogP contribution >= 0.6 is 28.1 Å². The molecule has 0 aliphatic heterocycles. The molecule has 6 nitrogen and oxygen atoms in total. The van der Waals surface area contributed by atoms with Gasteiger partial charge in [0.05, 0.1) is 40.5 Å². The maximum absolute atomic E-state index is 5.42. The number of hydrogen-bond acceptors (Lipinski definition) is 3. The van der Waals surface area contributed by atoms with Gasteiger partial charge in [-0.05, 0) is 35.1 Å². The summed E-state index contributed by atoms with van der Waals surface area (Å²) in [5, 5.41) is 12.2. The van der Waals surface area contributed by atoms with Crippen LogP contribution in [0.3, 0.4) is 0 Å². The van der Waals surface area contributed by atoms with Crippen LogP contribution in [0.5, 0.6) is 0 Å². The molecule has 0 saturated heterocycles. The van der Waals surface area contributed by atoms with Gasteiger partial charge in [0.25, 0.3) is 0 Å². The molecular formula is C12H17BrN6S. The number of aromatic nitrogens is 4. The van der Waals surface area contributed by atoms with E-state index in [1.54, 1.807) is 12.4 Å². The number of nitrogens with zero attached hydrogens (tertiary/aromatic N) is 5. The van der Waals surface area contributed by atoms with E-state index in [4.69, 9.17) is 12.2 Å². The van der Waals surface area contributed by atoms with Crippen LogP contribution < -0.4 is 5.32 Å². The molecule has 0 unspecified atom stereocenters. The van der Waals surface area contributed by atoms with Gasteiger partial charge < -0.3 is 10.2 Å². The molecule has 0 aliphatic carbocycles. The Kier molecular flexibility index (Phi) is 4.44. The second-order valence-corrected chi connectivity index (χ2v) is 5.86. The predicted octanol–water partition coefficient (Wildman–Crippen LogP) is 2.05. The predicted molar refractivity (Wildman–Crippen MR) is 86.5 cm³/mol. The van der Waals surface area contributed by atoms with E-state index >= 15 is 0 Å². The van der Waals surface area contributed by atoms with Crippen molar-refractivity contribution in [1.29, 1.82) is 0 Å². The van der Waals surface area contributed by atoms with Crippen LogP contribution in [0.2, 0.25) is 0 Å². The van der Waals surface area contributed by atoms with Crippen molar-refractivity contribution in [2.24, 2.45) is 14.1 Å². The van der Waals surface area contributed by atoms with Crippen molar-refractivity contribution in [2.75, 3.05) is 12.4 Å². The van der Waals surface area contributed by atoms with Gasteiger partial charge in [-0.1, -0.05) is 0 Å². The highest BCUT2D eigenvalue weighted by molar-refractivity contribution is 9.10. The highest BCUT2D eigenvalue weighted by Gasteiger charge is 2.13. The summed E-state index contributed by atoms with van der Waals surface area (Å²) in [7, 11) is 5.76. The Hall–Kier alpha value is -1.41. The van der Waals surface area contributed by atoms with Gasteiger partial charge in [0.1, 0.15) is 0 Å². The molecule has 2 rings (SSSR count). The zero-order valence-electron chi connectivity index (χ0n) is 11.9. The molecule has 0 fully saturated rings. The van der Waals surface area contributed by atoms with Crippen molar-refractivity contribution in [1.82, 2.24) is 24.5 Å². The average Bonchev–Trinajstić information content (AvgIpc) is 2.88. The summed E-state index contributed by atoms with van der Waals surface area (Å²) in [6.07, 6.45) is 3.56. The van der Waals surface area contributed by atoms with Gasteiger partial charge in [-0.25, -0.2) is 0 Å². The minimum absolute atomic E-state index is 0.647. The summed E-state index contributed by atoms with van der Waals surface area (Å²) in [6, 6.07) is 0. The third-order valence-corrected chi connectivity index (χ3v) is 4.30. The normalized spacial score (nSPS) is 10.7. The van der Waals surface area contributed by atoms with Crippen LogP contribution in [-0.4, -0.2) is 36.6 Å². The first-order valence-corrected chi connectivity index (χ1v) is 7.27. The van der Waals surface area contributed by atoms with Gasteiger partial charge in [-0.2, -0.15) is 10.2 Å². The Morgan fingerprint density at radius 1 is 1.35 bits per heavy atom. The van der Waals surface area contributed by atoms with Crippen molar-refractivity contribution in [3.63, 3.8) is 0 Å². The summed E-state index contributed by atoms with van der Waals surface area (Å²) >= 11 is 8.91. The van der Waals surface area contributed by atoms with Gasteiger partial charge >= 0.3 is 0 Å². The molecule has 0 radical (unpaired) electrons. The van der Waals surface area contributed by atoms with E-state index < -0.39 is 0 Å². The zero-order valence-corrected chi connectivity index (χ0v) is 14.3. The number of thiocarbonyl (C=S) groups is 1. The van der Waals surface area contributed by atoms with E-state index in [9.17, 15) is 0 Å². The summed E-state index contributed by atoms with van der Waals surface area (Å²) in [5.74, 6) is 0. The monoisotopic (exact) mass is 356 g/mol. The van der Waals surface area contributed by atoms with Gasteiger partial charge in [-0.3, -0.25) is 9.36 Å². The molecule has 2 aromatic rings. The van der Waals surface area contributed by atoms with Crippen LogP contribution in [0, 0.1) is 6.92 Å². The Bertz CT molecular complexity index is 612. The second-order valence-electron chi connectivity index (χ2n) is 4.62. The lowest BCUT2D eigenvalue weighted by Gasteiger charge is -2.21. The SMILES string of the molecule is Cc1c(NC(=S)N(C)Cc2c(Br)cnn2C)cnn1C. The van der Waals surface area contributed by atoms with Crippen molar-refractivity contribution in [2.45, 2.75) is 13.5 Å². The maximum atomic E-state index is 5.42. The lowest BCUT2D eigenvalue weighted by Crippen LogP contribution is -2.31. The van der Waals surface area contributed by atoms with Crippen molar-refractivity contribution >= 4 is 38.9 Å². The highest BCUT2D eigenvalue weighted by atomic mass is 79.9. The fourth-order valence-corrected chi connectivity index (χ4v) is 2.39. The second kappa shape index (κ2) is 5.92. The summed E-state index contributed by atoms with van der Waals surface area (Å²) < 4.78 is 4.62. The fourth-order valence-electron chi connectivity index (χ4n) is 1.74. The minimum atomic E-state index is 0.647. The summed E-state index contributed by atoms with van der Waals surface area (Å²) in [6.45, 7) is 2.66. The summed E-state index contributed by atoms with van der Waals surface area (Å²) in [5.41, 5.74) is 3.04. The first kappa shape index (κ1) is 15.0. The molecule has 108 valence electrons. The fraction of sp³-hybridized carbons (Fsp3) is 0.417. The van der Waals surface area contributed by atoms with Crippen LogP contribution in [0.1, 0.15) is 11.4 Å². The largest absolute Gasteiger partial charge is 0.346 e. The van der Waals surface area contributed by atoms with Crippen LogP contribution in [0.25, 0.3) is 0 Å². The van der Waals surface area contributed by atoms with Gasteiger partial charge in [-0.15, -0.1) is 0 Å². The maximum Gasteiger partial charge on any atom is 0.173 e. The molecule has 0 spiro atoms. The molecule has 0 atom stereocenters. The molecule has 1 N–H and O–H groups in total. The molecule has 0 aliphatic rings. The molecular weight excluding hydrogens is 340 g/mol. The van der Waals surface area contributed by atoms with E-state index in [2.05, 4.69) is 31.4 Å². The van der Waals surface area contributed by atoms with E-state index in [0.717, 1.165) is 21.5 Å². The molecule has 0 saturated carbocycles. The Labute approximate surface area is 131 Å². The van der Waals surface area contributed by atoms with E-state index in [-0.39, 0.29) is 0 Å².